The van der Waals surface area contributed by atoms with E-state index in [1.54, 1.807) is 6.07 Å². The highest BCUT2D eigenvalue weighted by molar-refractivity contribution is 9.10. The molecule has 0 amide bonds. The Morgan fingerprint density at radius 1 is 1.19 bits per heavy atom. The summed E-state index contributed by atoms with van der Waals surface area (Å²) >= 11 is 3.26. The Labute approximate surface area is 133 Å². The average Bonchev–Trinajstić information content (AvgIpc) is 2.41. The van der Waals surface area contributed by atoms with Gasteiger partial charge in [0, 0.05) is 17.1 Å². The van der Waals surface area contributed by atoms with Crippen LogP contribution in [0.5, 0.6) is 11.5 Å². The molecule has 0 unspecified atom stereocenters. The average molecular weight is 352 g/mol. The lowest BCUT2D eigenvalue weighted by Crippen LogP contribution is -2.13. The predicted molar refractivity (Wildman–Crippen MR) is 87.4 cm³/mol. The van der Waals surface area contributed by atoms with Gasteiger partial charge >= 0.3 is 0 Å². The second-order valence-corrected chi connectivity index (χ2v) is 5.90. The Morgan fingerprint density at radius 2 is 2.00 bits per heavy atom. The Balaban J connectivity index is 2.10. The number of rotatable bonds is 6. The first-order valence-electron chi connectivity index (χ1n) is 7.02. The molecule has 0 radical (unpaired) electrons. The van der Waals surface area contributed by atoms with Gasteiger partial charge in [-0.2, -0.15) is 0 Å². The topological polar surface area (TPSA) is 21.3 Å². The van der Waals surface area contributed by atoms with Crippen molar-refractivity contribution in [2.24, 2.45) is 0 Å². The largest absolute Gasteiger partial charge is 0.457 e. The zero-order valence-electron chi connectivity index (χ0n) is 12.2. The first kappa shape index (κ1) is 16.0. The van der Waals surface area contributed by atoms with Crippen LogP contribution < -0.4 is 10.1 Å². The molecule has 0 heterocycles. The second-order valence-electron chi connectivity index (χ2n) is 4.98. The van der Waals surface area contributed by atoms with Crippen molar-refractivity contribution < 1.29 is 9.13 Å². The van der Waals surface area contributed by atoms with Crippen molar-refractivity contribution in [2.75, 3.05) is 6.54 Å². The predicted octanol–water partition coefficient (Wildman–Crippen LogP) is 5.19. The third-order valence-corrected chi connectivity index (χ3v) is 3.52. The molecule has 0 aliphatic carbocycles. The molecule has 0 aromatic heterocycles. The Hall–Kier alpha value is -1.39. The SMILES string of the molecule is CCCNCc1ccc(Oc2cc(F)cc(Br)c2)c(C)c1. The minimum atomic E-state index is -0.322. The second kappa shape index (κ2) is 7.57. The summed E-state index contributed by atoms with van der Waals surface area (Å²) in [6, 6.07) is 10.6. The summed E-state index contributed by atoms with van der Waals surface area (Å²) in [5.74, 6) is 0.908. The van der Waals surface area contributed by atoms with E-state index >= 15 is 0 Å². The third-order valence-electron chi connectivity index (χ3n) is 3.06. The number of aryl methyl sites for hydroxylation is 1. The number of hydrogen-bond acceptors (Lipinski definition) is 2. The molecular weight excluding hydrogens is 333 g/mol. The summed E-state index contributed by atoms with van der Waals surface area (Å²) in [7, 11) is 0. The van der Waals surface area contributed by atoms with Gasteiger partial charge in [0.2, 0.25) is 0 Å². The number of hydrogen-bond donors (Lipinski definition) is 1. The Bertz CT molecular complexity index is 595. The maximum atomic E-state index is 13.4. The zero-order chi connectivity index (χ0) is 15.2. The van der Waals surface area contributed by atoms with Crippen LogP contribution in [0, 0.1) is 12.7 Å². The molecule has 21 heavy (non-hydrogen) atoms. The summed E-state index contributed by atoms with van der Waals surface area (Å²) in [6.45, 7) is 5.99. The molecule has 0 spiro atoms. The van der Waals surface area contributed by atoms with E-state index in [1.807, 2.05) is 19.1 Å². The van der Waals surface area contributed by atoms with E-state index < -0.39 is 0 Å². The van der Waals surface area contributed by atoms with Crippen LogP contribution in [-0.2, 0) is 6.54 Å². The van der Waals surface area contributed by atoms with Crippen molar-refractivity contribution in [3.05, 3.63) is 57.8 Å². The fourth-order valence-electron chi connectivity index (χ4n) is 2.06. The van der Waals surface area contributed by atoms with Gasteiger partial charge in [-0.25, -0.2) is 4.39 Å². The molecule has 0 saturated carbocycles. The van der Waals surface area contributed by atoms with Gasteiger partial charge in [-0.15, -0.1) is 0 Å². The molecule has 2 aromatic carbocycles. The quantitative estimate of drug-likeness (QED) is 0.723. The molecule has 1 N–H and O–H groups in total. The highest BCUT2D eigenvalue weighted by atomic mass is 79.9. The molecule has 0 saturated heterocycles. The summed E-state index contributed by atoms with van der Waals surface area (Å²) in [5.41, 5.74) is 2.25. The molecule has 2 aromatic rings. The number of nitrogens with one attached hydrogen (secondary N) is 1. The summed E-state index contributed by atoms with van der Waals surface area (Å²) in [4.78, 5) is 0. The van der Waals surface area contributed by atoms with E-state index in [1.165, 1.54) is 17.7 Å². The first-order valence-corrected chi connectivity index (χ1v) is 7.82. The Kier molecular flexibility index (Phi) is 5.76. The van der Waals surface area contributed by atoms with Crippen molar-refractivity contribution in [1.82, 2.24) is 5.32 Å². The van der Waals surface area contributed by atoms with Crippen LogP contribution in [0.3, 0.4) is 0 Å². The van der Waals surface area contributed by atoms with Gasteiger partial charge in [0.25, 0.3) is 0 Å². The van der Waals surface area contributed by atoms with Crippen LogP contribution >= 0.6 is 15.9 Å². The lowest BCUT2D eigenvalue weighted by atomic mass is 10.1. The van der Waals surface area contributed by atoms with Crippen molar-refractivity contribution in [3.8, 4) is 11.5 Å². The molecule has 0 fully saturated rings. The lowest BCUT2D eigenvalue weighted by Gasteiger charge is -2.11. The zero-order valence-corrected chi connectivity index (χ0v) is 13.8. The van der Waals surface area contributed by atoms with Crippen LogP contribution in [0.25, 0.3) is 0 Å². The number of halogens is 2. The van der Waals surface area contributed by atoms with Gasteiger partial charge in [-0.1, -0.05) is 35.0 Å². The first-order chi connectivity index (χ1) is 10.1. The van der Waals surface area contributed by atoms with Crippen LogP contribution in [-0.4, -0.2) is 6.54 Å². The summed E-state index contributed by atoms with van der Waals surface area (Å²) in [6.07, 6.45) is 1.12. The third kappa shape index (κ3) is 4.83. The van der Waals surface area contributed by atoms with E-state index in [2.05, 4.69) is 34.2 Å². The molecule has 4 heteroatoms. The Morgan fingerprint density at radius 3 is 2.67 bits per heavy atom. The van der Waals surface area contributed by atoms with Crippen LogP contribution in [0.2, 0.25) is 0 Å². The number of benzene rings is 2. The monoisotopic (exact) mass is 351 g/mol. The van der Waals surface area contributed by atoms with Gasteiger partial charge in [0.05, 0.1) is 0 Å². The van der Waals surface area contributed by atoms with E-state index in [9.17, 15) is 4.39 Å². The molecule has 2 rings (SSSR count). The fourth-order valence-corrected chi connectivity index (χ4v) is 2.50. The highest BCUT2D eigenvalue weighted by Gasteiger charge is 2.05. The standard InChI is InChI=1S/C17H19BrFNO/c1-3-6-20-11-13-4-5-17(12(2)7-13)21-16-9-14(18)8-15(19)10-16/h4-5,7-10,20H,3,6,11H2,1-2H3. The normalized spacial score (nSPS) is 10.7. The van der Waals surface area contributed by atoms with Crippen LogP contribution in [0.1, 0.15) is 24.5 Å². The summed E-state index contributed by atoms with van der Waals surface area (Å²) in [5, 5.41) is 3.37. The molecule has 0 bridgehead atoms. The van der Waals surface area contributed by atoms with Gasteiger partial charge in [-0.3, -0.25) is 0 Å². The minimum Gasteiger partial charge on any atom is -0.457 e. The van der Waals surface area contributed by atoms with Crippen LogP contribution in [0.15, 0.2) is 40.9 Å². The van der Waals surface area contributed by atoms with E-state index in [0.29, 0.717) is 10.2 Å². The molecule has 2 nitrogen and oxygen atoms in total. The number of ether oxygens (including phenoxy) is 1. The summed E-state index contributed by atoms with van der Waals surface area (Å²) < 4.78 is 19.8. The molecule has 0 aliphatic heterocycles. The lowest BCUT2D eigenvalue weighted by molar-refractivity contribution is 0.472. The maximum absolute atomic E-state index is 13.4. The van der Waals surface area contributed by atoms with E-state index in [4.69, 9.17) is 4.74 Å². The minimum absolute atomic E-state index is 0.322. The van der Waals surface area contributed by atoms with Crippen molar-refractivity contribution in [2.45, 2.75) is 26.8 Å². The van der Waals surface area contributed by atoms with Crippen molar-refractivity contribution >= 4 is 15.9 Å². The molecular formula is C17H19BrFNO. The van der Waals surface area contributed by atoms with Gasteiger partial charge in [0.15, 0.2) is 0 Å². The van der Waals surface area contributed by atoms with E-state index in [0.717, 1.165) is 30.8 Å². The van der Waals surface area contributed by atoms with Crippen LogP contribution in [0.4, 0.5) is 4.39 Å². The maximum Gasteiger partial charge on any atom is 0.131 e. The van der Waals surface area contributed by atoms with Gasteiger partial charge in [-0.05, 0) is 49.2 Å². The van der Waals surface area contributed by atoms with Crippen molar-refractivity contribution in [1.29, 1.82) is 0 Å². The smallest absolute Gasteiger partial charge is 0.131 e. The van der Waals surface area contributed by atoms with E-state index in [-0.39, 0.29) is 5.82 Å². The molecule has 0 atom stereocenters. The van der Waals surface area contributed by atoms with Gasteiger partial charge in [0.1, 0.15) is 17.3 Å². The van der Waals surface area contributed by atoms with Crippen molar-refractivity contribution in [3.63, 3.8) is 0 Å². The molecule has 112 valence electrons. The highest BCUT2D eigenvalue weighted by Crippen LogP contribution is 2.28. The van der Waals surface area contributed by atoms with Gasteiger partial charge < -0.3 is 10.1 Å². The molecule has 0 aliphatic rings. The fraction of sp³-hybridized carbons (Fsp3) is 0.294.